The number of nitrogens with zero attached hydrogens (tertiary/aromatic N) is 1. The van der Waals surface area contributed by atoms with Crippen LogP contribution in [0, 0.1) is 11.8 Å². The lowest BCUT2D eigenvalue weighted by Gasteiger charge is -2.21. The largest absolute Gasteiger partial charge is 0.316 e. The van der Waals surface area contributed by atoms with E-state index in [-0.39, 0.29) is 6.17 Å². The molecule has 0 aromatic carbocycles. The molecule has 66 valence electrons. The number of likely N-dealkylation sites (tertiary alicyclic amines) is 1. The predicted octanol–water partition coefficient (Wildman–Crippen LogP) is 1.27. The van der Waals surface area contributed by atoms with E-state index in [0.29, 0.717) is 0 Å². The van der Waals surface area contributed by atoms with E-state index in [1.165, 1.54) is 19.5 Å². The standard InChI is InChI=1S/C9H20N2/c1-7(2)9-4-5-11(6-9)8(3)10/h7-9H,4-6,10H2,1-3H3/t8?,9-/m0/s1. The molecule has 2 heteroatoms. The maximum Gasteiger partial charge on any atom is 0.0542 e. The Balaban J connectivity index is 2.35. The first-order valence-corrected chi connectivity index (χ1v) is 4.61. The average molecular weight is 156 g/mol. The van der Waals surface area contributed by atoms with Gasteiger partial charge in [-0.15, -0.1) is 0 Å². The number of hydrogen-bond acceptors (Lipinski definition) is 2. The molecule has 1 aliphatic rings. The Kier molecular flexibility index (Phi) is 2.90. The minimum absolute atomic E-state index is 0.249. The summed E-state index contributed by atoms with van der Waals surface area (Å²) in [5.74, 6) is 1.69. The molecule has 1 aliphatic heterocycles. The van der Waals surface area contributed by atoms with Crippen LogP contribution in [-0.4, -0.2) is 24.2 Å². The number of hydrogen-bond donors (Lipinski definition) is 1. The maximum absolute atomic E-state index is 5.79. The van der Waals surface area contributed by atoms with E-state index < -0.39 is 0 Å². The Morgan fingerprint density at radius 2 is 2.00 bits per heavy atom. The van der Waals surface area contributed by atoms with Crippen molar-refractivity contribution in [3.05, 3.63) is 0 Å². The summed E-state index contributed by atoms with van der Waals surface area (Å²) in [6.07, 6.45) is 1.58. The molecular formula is C9H20N2. The van der Waals surface area contributed by atoms with Crippen molar-refractivity contribution < 1.29 is 0 Å². The van der Waals surface area contributed by atoms with Crippen LogP contribution < -0.4 is 5.73 Å². The van der Waals surface area contributed by atoms with Crippen LogP contribution >= 0.6 is 0 Å². The molecule has 1 heterocycles. The highest BCUT2D eigenvalue weighted by molar-refractivity contribution is 4.78. The van der Waals surface area contributed by atoms with E-state index in [1.807, 2.05) is 0 Å². The Morgan fingerprint density at radius 1 is 1.36 bits per heavy atom. The zero-order valence-corrected chi connectivity index (χ0v) is 7.88. The van der Waals surface area contributed by atoms with E-state index in [0.717, 1.165) is 11.8 Å². The lowest BCUT2D eigenvalue weighted by Crippen LogP contribution is -2.38. The summed E-state index contributed by atoms with van der Waals surface area (Å²) in [6.45, 7) is 9.07. The Morgan fingerprint density at radius 3 is 2.27 bits per heavy atom. The Bertz CT molecular complexity index is 107. The van der Waals surface area contributed by atoms with Gasteiger partial charge in [0, 0.05) is 6.54 Å². The molecule has 2 N–H and O–H groups in total. The van der Waals surface area contributed by atoms with Crippen molar-refractivity contribution in [2.75, 3.05) is 13.1 Å². The fourth-order valence-corrected chi connectivity index (χ4v) is 1.73. The van der Waals surface area contributed by atoms with Crippen LogP contribution in [-0.2, 0) is 0 Å². The molecule has 11 heavy (non-hydrogen) atoms. The van der Waals surface area contributed by atoms with E-state index in [1.54, 1.807) is 0 Å². The molecule has 0 saturated carbocycles. The Labute approximate surface area is 69.8 Å². The van der Waals surface area contributed by atoms with Crippen LogP contribution in [0.3, 0.4) is 0 Å². The first-order chi connectivity index (χ1) is 5.11. The highest BCUT2D eigenvalue weighted by Gasteiger charge is 2.25. The van der Waals surface area contributed by atoms with Crippen LogP contribution in [0.2, 0.25) is 0 Å². The van der Waals surface area contributed by atoms with Crippen molar-refractivity contribution in [3.63, 3.8) is 0 Å². The van der Waals surface area contributed by atoms with Gasteiger partial charge in [-0.25, -0.2) is 0 Å². The van der Waals surface area contributed by atoms with E-state index in [2.05, 4.69) is 25.7 Å². The van der Waals surface area contributed by atoms with Gasteiger partial charge in [0.1, 0.15) is 0 Å². The summed E-state index contributed by atoms with van der Waals surface area (Å²) in [5.41, 5.74) is 5.79. The summed E-state index contributed by atoms with van der Waals surface area (Å²) in [4.78, 5) is 2.37. The monoisotopic (exact) mass is 156 g/mol. The van der Waals surface area contributed by atoms with Gasteiger partial charge in [-0.05, 0) is 31.7 Å². The van der Waals surface area contributed by atoms with Crippen molar-refractivity contribution in [1.82, 2.24) is 4.90 Å². The first-order valence-electron chi connectivity index (χ1n) is 4.61. The summed E-state index contributed by atoms with van der Waals surface area (Å²) in [7, 11) is 0. The highest BCUT2D eigenvalue weighted by atomic mass is 15.2. The third kappa shape index (κ3) is 2.17. The third-order valence-electron chi connectivity index (χ3n) is 2.77. The van der Waals surface area contributed by atoms with Crippen molar-refractivity contribution >= 4 is 0 Å². The summed E-state index contributed by atoms with van der Waals surface area (Å²) in [5, 5.41) is 0. The van der Waals surface area contributed by atoms with Crippen molar-refractivity contribution in [3.8, 4) is 0 Å². The van der Waals surface area contributed by atoms with E-state index in [4.69, 9.17) is 5.73 Å². The summed E-state index contributed by atoms with van der Waals surface area (Å²) in [6, 6.07) is 0. The SMILES string of the molecule is CC(C)[C@H]1CCN(C(C)N)C1. The van der Waals surface area contributed by atoms with Gasteiger partial charge in [0.15, 0.2) is 0 Å². The average Bonchev–Trinajstić information content (AvgIpc) is 2.33. The molecule has 1 rings (SSSR count). The second kappa shape index (κ2) is 3.55. The second-order valence-corrected chi connectivity index (χ2v) is 4.03. The van der Waals surface area contributed by atoms with Gasteiger partial charge < -0.3 is 5.73 Å². The molecule has 0 bridgehead atoms. The van der Waals surface area contributed by atoms with Gasteiger partial charge >= 0.3 is 0 Å². The van der Waals surface area contributed by atoms with Crippen molar-refractivity contribution in [2.24, 2.45) is 17.6 Å². The molecule has 2 atom stereocenters. The molecule has 0 spiro atoms. The predicted molar refractivity (Wildman–Crippen MR) is 48.2 cm³/mol. The molecule has 1 unspecified atom stereocenters. The van der Waals surface area contributed by atoms with E-state index in [9.17, 15) is 0 Å². The lowest BCUT2D eigenvalue weighted by atomic mass is 9.95. The zero-order chi connectivity index (χ0) is 8.43. The molecule has 0 aliphatic carbocycles. The Hall–Kier alpha value is -0.0800. The molecule has 0 radical (unpaired) electrons. The molecule has 2 nitrogen and oxygen atoms in total. The van der Waals surface area contributed by atoms with Gasteiger partial charge in [0.2, 0.25) is 0 Å². The number of rotatable bonds is 2. The minimum atomic E-state index is 0.249. The molecule has 1 fully saturated rings. The number of nitrogens with two attached hydrogens (primary N) is 1. The summed E-state index contributed by atoms with van der Waals surface area (Å²) < 4.78 is 0. The first kappa shape index (κ1) is 9.01. The normalized spacial score (nSPS) is 29.7. The lowest BCUT2D eigenvalue weighted by molar-refractivity contribution is 0.244. The quantitative estimate of drug-likeness (QED) is 0.652. The fourth-order valence-electron chi connectivity index (χ4n) is 1.73. The van der Waals surface area contributed by atoms with Gasteiger partial charge in [-0.3, -0.25) is 4.90 Å². The van der Waals surface area contributed by atoms with E-state index >= 15 is 0 Å². The molecule has 0 aromatic heterocycles. The summed E-state index contributed by atoms with van der Waals surface area (Å²) >= 11 is 0. The van der Waals surface area contributed by atoms with Crippen molar-refractivity contribution in [1.29, 1.82) is 0 Å². The highest BCUT2D eigenvalue weighted by Crippen LogP contribution is 2.23. The van der Waals surface area contributed by atoms with Crippen LogP contribution in [0.25, 0.3) is 0 Å². The van der Waals surface area contributed by atoms with Gasteiger partial charge in [0.05, 0.1) is 6.17 Å². The van der Waals surface area contributed by atoms with Crippen LogP contribution in [0.5, 0.6) is 0 Å². The smallest absolute Gasteiger partial charge is 0.0542 e. The maximum atomic E-state index is 5.79. The van der Waals surface area contributed by atoms with Crippen LogP contribution in [0.1, 0.15) is 27.2 Å². The van der Waals surface area contributed by atoms with Crippen LogP contribution in [0.4, 0.5) is 0 Å². The third-order valence-corrected chi connectivity index (χ3v) is 2.77. The zero-order valence-electron chi connectivity index (χ0n) is 7.88. The molecular weight excluding hydrogens is 136 g/mol. The van der Waals surface area contributed by atoms with Crippen LogP contribution in [0.15, 0.2) is 0 Å². The van der Waals surface area contributed by atoms with Crippen molar-refractivity contribution in [2.45, 2.75) is 33.4 Å². The minimum Gasteiger partial charge on any atom is -0.316 e. The van der Waals surface area contributed by atoms with Gasteiger partial charge in [-0.1, -0.05) is 13.8 Å². The molecule has 1 saturated heterocycles. The van der Waals surface area contributed by atoms with Gasteiger partial charge in [-0.2, -0.15) is 0 Å². The van der Waals surface area contributed by atoms with Gasteiger partial charge in [0.25, 0.3) is 0 Å². The topological polar surface area (TPSA) is 29.3 Å². The second-order valence-electron chi connectivity index (χ2n) is 4.03. The molecule has 0 aromatic rings. The molecule has 0 amide bonds. The fraction of sp³-hybridized carbons (Fsp3) is 1.00.